The van der Waals surface area contributed by atoms with Gasteiger partial charge in [-0.25, -0.2) is 8.42 Å². The molecule has 0 aliphatic rings. The number of sulfonamides is 1. The zero-order valence-electron chi connectivity index (χ0n) is 14.8. The van der Waals surface area contributed by atoms with Crippen molar-refractivity contribution in [2.45, 2.75) is 23.9 Å². The van der Waals surface area contributed by atoms with Crippen molar-refractivity contribution in [1.82, 2.24) is 10.0 Å². The maximum atomic E-state index is 12.7. The van der Waals surface area contributed by atoms with Crippen LogP contribution in [0.2, 0.25) is 5.02 Å². The number of rotatable bonds is 8. The van der Waals surface area contributed by atoms with Crippen LogP contribution in [0.3, 0.4) is 0 Å². The molecule has 0 saturated heterocycles. The molecule has 146 valence electrons. The summed E-state index contributed by atoms with van der Waals surface area (Å²) in [5, 5.41) is 3.13. The smallest absolute Gasteiger partial charge is 0.241 e. The number of halogens is 1. The molecule has 3 aromatic rings. The Labute approximate surface area is 168 Å². The number of carbonyl (C=O) groups is 1. The average molecular weight is 419 g/mol. The zero-order chi connectivity index (χ0) is 20.0. The molecule has 1 aromatic heterocycles. The Morgan fingerprint density at radius 3 is 2.36 bits per heavy atom. The molecule has 0 saturated carbocycles. The summed E-state index contributed by atoms with van der Waals surface area (Å²) in [6.45, 7) is 0.166. The Bertz CT molecular complexity index is 1000. The van der Waals surface area contributed by atoms with Gasteiger partial charge >= 0.3 is 0 Å². The van der Waals surface area contributed by atoms with E-state index in [-0.39, 0.29) is 17.9 Å². The van der Waals surface area contributed by atoms with Crippen LogP contribution in [0, 0.1) is 0 Å². The monoisotopic (exact) mass is 418 g/mol. The topological polar surface area (TPSA) is 88.4 Å². The second-order valence-electron chi connectivity index (χ2n) is 6.11. The van der Waals surface area contributed by atoms with E-state index in [4.69, 9.17) is 16.0 Å². The summed E-state index contributed by atoms with van der Waals surface area (Å²) in [5.41, 5.74) is 0.833. The Hall–Kier alpha value is -2.61. The van der Waals surface area contributed by atoms with Crippen molar-refractivity contribution in [2.24, 2.45) is 0 Å². The van der Waals surface area contributed by atoms with E-state index in [0.29, 0.717) is 10.8 Å². The van der Waals surface area contributed by atoms with Gasteiger partial charge in [-0.05, 0) is 48.4 Å². The first-order valence-corrected chi connectivity index (χ1v) is 10.4. The van der Waals surface area contributed by atoms with E-state index in [2.05, 4.69) is 10.0 Å². The highest BCUT2D eigenvalue weighted by atomic mass is 35.5. The van der Waals surface area contributed by atoms with Crippen LogP contribution in [0.1, 0.15) is 11.3 Å². The van der Waals surface area contributed by atoms with E-state index >= 15 is 0 Å². The van der Waals surface area contributed by atoms with Gasteiger partial charge in [0, 0.05) is 5.02 Å². The molecule has 0 aliphatic carbocycles. The lowest BCUT2D eigenvalue weighted by Crippen LogP contribution is -2.47. The van der Waals surface area contributed by atoms with E-state index in [9.17, 15) is 13.2 Å². The summed E-state index contributed by atoms with van der Waals surface area (Å²) >= 11 is 5.83. The molecule has 0 aliphatic heterocycles. The summed E-state index contributed by atoms with van der Waals surface area (Å²) in [6.07, 6.45) is 1.71. The molecule has 1 atom stereocenters. The molecular weight excluding hydrogens is 400 g/mol. The van der Waals surface area contributed by atoms with Gasteiger partial charge in [0.15, 0.2) is 0 Å². The molecular formula is C20H19ClN2O4S. The lowest BCUT2D eigenvalue weighted by atomic mass is 10.1. The van der Waals surface area contributed by atoms with Gasteiger partial charge in [0.1, 0.15) is 11.8 Å². The quantitative estimate of drug-likeness (QED) is 0.588. The van der Waals surface area contributed by atoms with Crippen LogP contribution in [0.15, 0.2) is 82.3 Å². The molecule has 6 nitrogen and oxygen atoms in total. The maximum Gasteiger partial charge on any atom is 0.241 e. The van der Waals surface area contributed by atoms with Crippen molar-refractivity contribution in [3.8, 4) is 0 Å². The molecule has 28 heavy (non-hydrogen) atoms. The molecule has 3 rings (SSSR count). The molecule has 0 radical (unpaired) electrons. The first-order valence-electron chi connectivity index (χ1n) is 8.56. The average Bonchev–Trinajstić information content (AvgIpc) is 3.20. The Kier molecular flexibility index (Phi) is 6.51. The fourth-order valence-electron chi connectivity index (χ4n) is 2.62. The number of carbonyl (C=O) groups excluding carboxylic acids is 1. The first-order chi connectivity index (χ1) is 13.4. The minimum absolute atomic E-state index is 0.0359. The highest BCUT2D eigenvalue weighted by Gasteiger charge is 2.26. The summed E-state index contributed by atoms with van der Waals surface area (Å²) in [5.74, 6) is 0.130. The van der Waals surface area contributed by atoms with E-state index in [1.165, 1.54) is 30.5 Å². The SMILES string of the molecule is O=C(NCc1ccco1)[C@@H](Cc1ccccc1)NS(=O)(=O)c1ccc(Cl)cc1. The molecule has 1 heterocycles. The van der Waals surface area contributed by atoms with Gasteiger partial charge in [-0.2, -0.15) is 4.72 Å². The van der Waals surface area contributed by atoms with Gasteiger partial charge in [-0.15, -0.1) is 0 Å². The number of benzene rings is 2. The van der Waals surface area contributed by atoms with Crippen LogP contribution in [0.5, 0.6) is 0 Å². The van der Waals surface area contributed by atoms with E-state index in [0.717, 1.165) is 5.56 Å². The molecule has 2 aromatic carbocycles. The third-order valence-electron chi connectivity index (χ3n) is 4.04. The Morgan fingerprint density at radius 2 is 1.71 bits per heavy atom. The van der Waals surface area contributed by atoms with Crippen LogP contribution in [-0.2, 0) is 27.8 Å². The highest BCUT2D eigenvalue weighted by Crippen LogP contribution is 2.15. The summed E-state index contributed by atoms with van der Waals surface area (Å²) in [4.78, 5) is 12.7. The van der Waals surface area contributed by atoms with Crippen molar-refractivity contribution >= 4 is 27.5 Å². The summed E-state index contributed by atoms with van der Waals surface area (Å²) in [6, 6.07) is 17.4. The largest absolute Gasteiger partial charge is 0.467 e. The normalized spacial score (nSPS) is 12.5. The van der Waals surface area contributed by atoms with Gasteiger partial charge in [0.2, 0.25) is 15.9 Å². The van der Waals surface area contributed by atoms with Crippen molar-refractivity contribution in [3.63, 3.8) is 0 Å². The van der Waals surface area contributed by atoms with Gasteiger partial charge in [0.25, 0.3) is 0 Å². The Morgan fingerprint density at radius 1 is 1.00 bits per heavy atom. The van der Waals surface area contributed by atoms with Crippen molar-refractivity contribution < 1.29 is 17.6 Å². The van der Waals surface area contributed by atoms with Crippen LogP contribution in [-0.4, -0.2) is 20.4 Å². The van der Waals surface area contributed by atoms with E-state index < -0.39 is 22.0 Å². The number of furan rings is 1. The third-order valence-corrected chi connectivity index (χ3v) is 5.78. The minimum Gasteiger partial charge on any atom is -0.467 e. The van der Waals surface area contributed by atoms with Gasteiger partial charge in [0.05, 0.1) is 17.7 Å². The lowest BCUT2D eigenvalue weighted by molar-refractivity contribution is -0.122. The second-order valence-corrected chi connectivity index (χ2v) is 8.27. The number of amides is 1. The fourth-order valence-corrected chi connectivity index (χ4v) is 3.94. The molecule has 8 heteroatoms. The van der Waals surface area contributed by atoms with Crippen molar-refractivity contribution in [2.75, 3.05) is 0 Å². The van der Waals surface area contributed by atoms with E-state index in [1.54, 1.807) is 12.1 Å². The Balaban J connectivity index is 1.78. The molecule has 0 unspecified atom stereocenters. The molecule has 2 N–H and O–H groups in total. The van der Waals surface area contributed by atoms with Crippen LogP contribution < -0.4 is 10.0 Å². The second kappa shape index (κ2) is 9.05. The van der Waals surface area contributed by atoms with Crippen LogP contribution in [0.25, 0.3) is 0 Å². The number of hydrogen-bond acceptors (Lipinski definition) is 4. The number of nitrogens with one attached hydrogen (secondary N) is 2. The number of hydrogen-bond donors (Lipinski definition) is 2. The summed E-state index contributed by atoms with van der Waals surface area (Å²) in [7, 11) is -3.91. The van der Waals surface area contributed by atoms with Gasteiger partial charge < -0.3 is 9.73 Å². The fraction of sp³-hybridized carbons (Fsp3) is 0.150. The predicted octanol–water partition coefficient (Wildman–Crippen LogP) is 3.14. The highest BCUT2D eigenvalue weighted by molar-refractivity contribution is 7.89. The summed E-state index contributed by atoms with van der Waals surface area (Å²) < 4.78 is 33.1. The minimum atomic E-state index is -3.91. The van der Waals surface area contributed by atoms with Crippen molar-refractivity contribution in [3.05, 3.63) is 89.3 Å². The van der Waals surface area contributed by atoms with Crippen LogP contribution in [0.4, 0.5) is 0 Å². The van der Waals surface area contributed by atoms with Crippen LogP contribution >= 0.6 is 11.6 Å². The molecule has 0 fully saturated rings. The van der Waals surface area contributed by atoms with Gasteiger partial charge in [-0.1, -0.05) is 41.9 Å². The van der Waals surface area contributed by atoms with E-state index in [1.807, 2.05) is 30.3 Å². The lowest BCUT2D eigenvalue weighted by Gasteiger charge is -2.18. The zero-order valence-corrected chi connectivity index (χ0v) is 16.4. The first kappa shape index (κ1) is 20.1. The molecule has 1 amide bonds. The molecule has 0 spiro atoms. The third kappa shape index (κ3) is 5.45. The van der Waals surface area contributed by atoms with Gasteiger partial charge in [-0.3, -0.25) is 4.79 Å². The molecule has 0 bridgehead atoms. The standard InChI is InChI=1S/C20H19ClN2O4S/c21-16-8-10-18(11-9-16)28(25,26)23-19(13-15-5-2-1-3-6-15)20(24)22-14-17-7-4-12-27-17/h1-12,19,23H,13-14H2,(H,22,24)/t19-/m1/s1. The predicted molar refractivity (Wildman–Crippen MR) is 106 cm³/mol. The van der Waals surface area contributed by atoms with Crippen molar-refractivity contribution in [1.29, 1.82) is 0 Å². The maximum absolute atomic E-state index is 12.7.